The average Bonchev–Trinajstić information content (AvgIpc) is 2.43. The molecule has 0 atom stereocenters. The molecule has 2 aromatic carbocycles. The second-order valence-electron chi connectivity index (χ2n) is 5.55. The number of hydrogen-bond acceptors (Lipinski definition) is 1. The summed E-state index contributed by atoms with van der Waals surface area (Å²) >= 11 is 11.7. The van der Waals surface area contributed by atoms with Crippen molar-refractivity contribution in [2.45, 2.75) is 31.3 Å². The van der Waals surface area contributed by atoms with E-state index in [4.69, 9.17) is 23.2 Å². The second kappa shape index (κ2) is 6.35. The Morgan fingerprint density at radius 1 is 1.05 bits per heavy atom. The normalized spacial score (nSPS) is 21.1. The standard InChI is InChI=1S/C17H16Cl2FN/c18-14-4-2-12(3-5-14)13-8-15(9-13)21-10-11-1-6-17(20)16(19)7-11/h1-7,13,15,21H,8-10H2. The molecule has 0 bridgehead atoms. The van der Waals surface area contributed by atoms with Gasteiger partial charge < -0.3 is 5.32 Å². The minimum absolute atomic E-state index is 0.182. The summed E-state index contributed by atoms with van der Waals surface area (Å²) in [5.74, 6) is 0.239. The van der Waals surface area contributed by atoms with E-state index >= 15 is 0 Å². The van der Waals surface area contributed by atoms with Crippen LogP contribution >= 0.6 is 23.2 Å². The van der Waals surface area contributed by atoms with E-state index < -0.39 is 0 Å². The van der Waals surface area contributed by atoms with Gasteiger partial charge in [-0.2, -0.15) is 0 Å². The topological polar surface area (TPSA) is 12.0 Å². The maximum Gasteiger partial charge on any atom is 0.141 e. The molecule has 0 radical (unpaired) electrons. The van der Waals surface area contributed by atoms with E-state index in [0.717, 1.165) is 30.0 Å². The number of halogens is 3. The first-order valence-electron chi connectivity index (χ1n) is 7.04. The Morgan fingerprint density at radius 2 is 1.76 bits per heavy atom. The maximum atomic E-state index is 13.1. The molecule has 1 N–H and O–H groups in total. The van der Waals surface area contributed by atoms with Gasteiger partial charge in [0, 0.05) is 17.6 Å². The molecule has 1 aliphatic carbocycles. The quantitative estimate of drug-likeness (QED) is 0.818. The summed E-state index contributed by atoms with van der Waals surface area (Å²) in [5.41, 5.74) is 2.36. The van der Waals surface area contributed by atoms with Crippen molar-refractivity contribution in [2.24, 2.45) is 0 Å². The summed E-state index contributed by atoms with van der Waals surface area (Å²) in [7, 11) is 0. The van der Waals surface area contributed by atoms with Crippen LogP contribution < -0.4 is 5.32 Å². The molecule has 0 aromatic heterocycles. The fourth-order valence-electron chi connectivity index (χ4n) is 2.70. The Balaban J connectivity index is 1.48. The molecule has 1 fully saturated rings. The van der Waals surface area contributed by atoms with E-state index in [1.54, 1.807) is 12.1 Å². The molecular weight excluding hydrogens is 308 g/mol. The summed E-state index contributed by atoms with van der Waals surface area (Å²) in [5, 5.41) is 4.45. The first-order valence-corrected chi connectivity index (χ1v) is 7.80. The second-order valence-corrected chi connectivity index (χ2v) is 6.39. The van der Waals surface area contributed by atoms with Gasteiger partial charge in [0.2, 0.25) is 0 Å². The van der Waals surface area contributed by atoms with E-state index in [0.29, 0.717) is 12.0 Å². The lowest BCUT2D eigenvalue weighted by molar-refractivity contribution is 0.289. The van der Waals surface area contributed by atoms with E-state index in [2.05, 4.69) is 17.4 Å². The highest BCUT2D eigenvalue weighted by atomic mass is 35.5. The Labute approximate surface area is 134 Å². The predicted molar refractivity (Wildman–Crippen MR) is 85.5 cm³/mol. The molecule has 110 valence electrons. The van der Waals surface area contributed by atoms with Crippen LogP contribution in [-0.4, -0.2) is 6.04 Å². The molecule has 0 aliphatic heterocycles. The molecule has 0 saturated heterocycles. The largest absolute Gasteiger partial charge is 0.310 e. The van der Waals surface area contributed by atoms with Crippen molar-refractivity contribution in [2.75, 3.05) is 0 Å². The molecule has 1 aliphatic rings. The zero-order valence-electron chi connectivity index (χ0n) is 11.5. The minimum Gasteiger partial charge on any atom is -0.310 e. The van der Waals surface area contributed by atoms with Gasteiger partial charge in [0.15, 0.2) is 0 Å². The minimum atomic E-state index is -0.369. The molecule has 4 heteroatoms. The van der Waals surface area contributed by atoms with Crippen molar-refractivity contribution in [3.05, 3.63) is 69.5 Å². The SMILES string of the molecule is Fc1ccc(CNC2CC(c3ccc(Cl)cc3)C2)cc1Cl. The van der Waals surface area contributed by atoms with Gasteiger partial charge >= 0.3 is 0 Å². The summed E-state index contributed by atoms with van der Waals surface area (Å²) in [4.78, 5) is 0. The van der Waals surface area contributed by atoms with Crippen molar-refractivity contribution < 1.29 is 4.39 Å². The van der Waals surface area contributed by atoms with Gasteiger partial charge in [-0.15, -0.1) is 0 Å². The van der Waals surface area contributed by atoms with Gasteiger partial charge in [0.1, 0.15) is 5.82 Å². The van der Waals surface area contributed by atoms with E-state index in [1.165, 1.54) is 11.6 Å². The Morgan fingerprint density at radius 3 is 2.43 bits per heavy atom. The Kier molecular flexibility index (Phi) is 4.48. The van der Waals surface area contributed by atoms with Crippen LogP contribution in [0.15, 0.2) is 42.5 Å². The van der Waals surface area contributed by atoms with Crippen LogP contribution in [0.1, 0.15) is 29.9 Å². The summed E-state index contributed by atoms with van der Waals surface area (Å²) in [6.45, 7) is 0.720. The molecule has 1 nitrogen and oxygen atoms in total. The number of hydrogen-bond donors (Lipinski definition) is 1. The monoisotopic (exact) mass is 323 g/mol. The maximum absolute atomic E-state index is 13.1. The molecule has 2 aromatic rings. The van der Waals surface area contributed by atoms with Gasteiger partial charge in [0.25, 0.3) is 0 Å². The molecule has 21 heavy (non-hydrogen) atoms. The van der Waals surface area contributed by atoms with Crippen LogP contribution in [0.2, 0.25) is 10.0 Å². The summed E-state index contributed by atoms with van der Waals surface area (Å²) in [6, 6.07) is 13.5. The van der Waals surface area contributed by atoms with E-state index in [1.807, 2.05) is 12.1 Å². The number of rotatable bonds is 4. The highest BCUT2D eigenvalue weighted by molar-refractivity contribution is 6.31. The molecular formula is C17H16Cl2FN. The van der Waals surface area contributed by atoms with Gasteiger partial charge in [-0.1, -0.05) is 41.4 Å². The third-order valence-corrected chi connectivity index (χ3v) is 4.60. The van der Waals surface area contributed by atoms with Crippen LogP contribution in [0.4, 0.5) is 4.39 Å². The van der Waals surface area contributed by atoms with Crippen molar-refractivity contribution in [3.63, 3.8) is 0 Å². The third-order valence-electron chi connectivity index (χ3n) is 4.06. The molecule has 0 spiro atoms. The lowest BCUT2D eigenvalue weighted by atomic mass is 9.76. The van der Waals surface area contributed by atoms with Gasteiger partial charge in [-0.25, -0.2) is 4.39 Å². The van der Waals surface area contributed by atoms with Crippen molar-refractivity contribution in [1.29, 1.82) is 0 Å². The van der Waals surface area contributed by atoms with Gasteiger partial charge in [-0.3, -0.25) is 0 Å². The predicted octanol–water partition coefficient (Wildman–Crippen LogP) is 5.17. The first-order chi connectivity index (χ1) is 10.1. The first kappa shape index (κ1) is 14.8. The summed E-state index contributed by atoms with van der Waals surface area (Å²) < 4.78 is 13.1. The lowest BCUT2D eigenvalue weighted by Gasteiger charge is -2.36. The number of benzene rings is 2. The third kappa shape index (κ3) is 3.57. The van der Waals surface area contributed by atoms with Gasteiger partial charge in [-0.05, 0) is 54.2 Å². The van der Waals surface area contributed by atoms with Crippen molar-refractivity contribution in [1.82, 2.24) is 5.32 Å². The summed E-state index contributed by atoms with van der Waals surface area (Å²) in [6.07, 6.45) is 2.24. The van der Waals surface area contributed by atoms with Crippen LogP contribution in [0, 0.1) is 5.82 Å². The zero-order valence-corrected chi connectivity index (χ0v) is 13.0. The molecule has 0 amide bonds. The molecule has 1 saturated carbocycles. The highest BCUT2D eigenvalue weighted by Gasteiger charge is 2.29. The van der Waals surface area contributed by atoms with Crippen LogP contribution in [-0.2, 0) is 6.54 Å². The Bertz CT molecular complexity index is 621. The van der Waals surface area contributed by atoms with E-state index in [-0.39, 0.29) is 10.8 Å². The fourth-order valence-corrected chi connectivity index (χ4v) is 3.03. The molecule has 3 rings (SSSR count). The highest BCUT2D eigenvalue weighted by Crippen LogP contribution is 2.37. The van der Waals surface area contributed by atoms with Crippen molar-refractivity contribution >= 4 is 23.2 Å². The van der Waals surface area contributed by atoms with Gasteiger partial charge in [0.05, 0.1) is 5.02 Å². The smallest absolute Gasteiger partial charge is 0.141 e. The van der Waals surface area contributed by atoms with Crippen LogP contribution in [0.3, 0.4) is 0 Å². The number of nitrogens with one attached hydrogen (secondary N) is 1. The van der Waals surface area contributed by atoms with Crippen LogP contribution in [0.5, 0.6) is 0 Å². The molecule has 0 unspecified atom stereocenters. The van der Waals surface area contributed by atoms with E-state index in [9.17, 15) is 4.39 Å². The zero-order chi connectivity index (χ0) is 14.8. The van der Waals surface area contributed by atoms with Crippen LogP contribution in [0.25, 0.3) is 0 Å². The Hall–Kier alpha value is -1.09. The van der Waals surface area contributed by atoms with Crippen molar-refractivity contribution in [3.8, 4) is 0 Å². The average molecular weight is 324 g/mol. The molecule has 0 heterocycles. The lowest BCUT2D eigenvalue weighted by Crippen LogP contribution is -2.39. The fraction of sp³-hybridized carbons (Fsp3) is 0.294.